The summed E-state index contributed by atoms with van der Waals surface area (Å²) in [6.45, 7) is 4.23. The van der Waals surface area contributed by atoms with E-state index >= 15 is 0 Å². The monoisotopic (exact) mass is 423 g/mol. The van der Waals surface area contributed by atoms with Gasteiger partial charge in [0.25, 0.3) is 5.91 Å². The van der Waals surface area contributed by atoms with Crippen molar-refractivity contribution in [2.75, 3.05) is 20.8 Å². The van der Waals surface area contributed by atoms with Gasteiger partial charge < -0.3 is 19.5 Å². The molecular weight excluding hydrogens is 394 g/mol. The predicted molar refractivity (Wildman–Crippen MR) is 118 cm³/mol. The third kappa shape index (κ3) is 4.74. The zero-order valence-electron chi connectivity index (χ0n) is 18.4. The van der Waals surface area contributed by atoms with Crippen molar-refractivity contribution in [3.05, 3.63) is 71.0 Å². The fraction of sp³-hybridized carbons (Fsp3) is 0.360. The van der Waals surface area contributed by atoms with Gasteiger partial charge >= 0.3 is 0 Å². The summed E-state index contributed by atoms with van der Waals surface area (Å²) < 4.78 is 10.6. The molecule has 0 radical (unpaired) electrons. The van der Waals surface area contributed by atoms with E-state index in [1.165, 1.54) is 0 Å². The third-order valence-electron chi connectivity index (χ3n) is 5.40. The fourth-order valence-electron chi connectivity index (χ4n) is 3.92. The van der Waals surface area contributed by atoms with Crippen molar-refractivity contribution in [3.8, 4) is 11.5 Å². The van der Waals surface area contributed by atoms with E-state index in [9.17, 15) is 14.7 Å². The molecule has 0 saturated heterocycles. The molecule has 1 aliphatic heterocycles. The molecule has 6 nitrogen and oxygen atoms in total. The number of amides is 1. The second-order valence-corrected chi connectivity index (χ2v) is 8.03. The quantitative estimate of drug-likeness (QED) is 0.652. The maximum absolute atomic E-state index is 13.0. The van der Waals surface area contributed by atoms with Crippen LogP contribution in [-0.4, -0.2) is 42.5 Å². The highest BCUT2D eigenvalue weighted by Crippen LogP contribution is 2.39. The first-order valence-electron chi connectivity index (χ1n) is 10.4. The van der Waals surface area contributed by atoms with Gasteiger partial charge in [-0.3, -0.25) is 9.59 Å². The normalized spacial score (nSPS) is 16.2. The third-order valence-corrected chi connectivity index (χ3v) is 5.40. The second kappa shape index (κ2) is 9.69. The molecule has 0 fully saturated rings. The Hall–Kier alpha value is -3.28. The standard InChI is InChI=1S/C25H29NO5/c1-16(2)14-19(27)22-23(18-8-6-5-7-9-18)26(25(29)24(22)28)13-12-17-10-11-20(30-3)21(15-17)31-4/h5-11,15-16,23,28H,12-14H2,1-4H3. The van der Waals surface area contributed by atoms with E-state index in [1.807, 2.05) is 62.4 Å². The molecule has 1 atom stereocenters. The van der Waals surface area contributed by atoms with E-state index in [2.05, 4.69) is 0 Å². The minimum absolute atomic E-state index is 0.125. The van der Waals surface area contributed by atoms with Crippen molar-refractivity contribution < 1.29 is 24.2 Å². The van der Waals surface area contributed by atoms with Crippen molar-refractivity contribution in [3.63, 3.8) is 0 Å². The summed E-state index contributed by atoms with van der Waals surface area (Å²) in [5.41, 5.74) is 1.95. The summed E-state index contributed by atoms with van der Waals surface area (Å²) in [7, 11) is 3.15. The van der Waals surface area contributed by atoms with Crippen LogP contribution in [0.25, 0.3) is 0 Å². The number of hydrogen-bond donors (Lipinski definition) is 1. The Morgan fingerprint density at radius 2 is 1.74 bits per heavy atom. The first-order valence-corrected chi connectivity index (χ1v) is 10.4. The number of rotatable bonds is 9. The number of ether oxygens (including phenoxy) is 2. The lowest BCUT2D eigenvalue weighted by Gasteiger charge is -2.27. The summed E-state index contributed by atoms with van der Waals surface area (Å²) in [4.78, 5) is 27.5. The van der Waals surface area contributed by atoms with E-state index in [4.69, 9.17) is 9.47 Å². The van der Waals surface area contributed by atoms with Crippen LogP contribution in [0.15, 0.2) is 59.9 Å². The molecule has 0 aromatic heterocycles. The molecule has 2 aromatic rings. The van der Waals surface area contributed by atoms with E-state index in [0.29, 0.717) is 24.5 Å². The van der Waals surface area contributed by atoms with Crippen LogP contribution >= 0.6 is 0 Å². The van der Waals surface area contributed by atoms with Gasteiger partial charge in [0.05, 0.1) is 25.8 Å². The Balaban J connectivity index is 1.90. The summed E-state index contributed by atoms with van der Waals surface area (Å²) in [5.74, 6) is 0.226. The minimum atomic E-state index is -0.597. The molecule has 3 rings (SSSR count). The lowest BCUT2D eigenvalue weighted by atomic mass is 9.92. The second-order valence-electron chi connectivity index (χ2n) is 8.03. The summed E-state index contributed by atoms with van der Waals surface area (Å²) >= 11 is 0. The first-order chi connectivity index (χ1) is 14.9. The highest BCUT2D eigenvalue weighted by Gasteiger charge is 2.43. The number of ketones is 1. The summed E-state index contributed by atoms with van der Waals surface area (Å²) in [6, 6.07) is 14.4. The van der Waals surface area contributed by atoms with Crippen LogP contribution in [0.3, 0.4) is 0 Å². The van der Waals surface area contributed by atoms with Gasteiger partial charge in [0.1, 0.15) is 0 Å². The van der Waals surface area contributed by atoms with Crippen LogP contribution < -0.4 is 9.47 Å². The Labute approximate surface area is 183 Å². The maximum Gasteiger partial charge on any atom is 0.290 e. The molecule has 1 aliphatic rings. The van der Waals surface area contributed by atoms with Crippen LogP contribution in [0.5, 0.6) is 11.5 Å². The minimum Gasteiger partial charge on any atom is -0.503 e. The Bertz CT molecular complexity index is 981. The highest BCUT2D eigenvalue weighted by atomic mass is 16.5. The number of aliphatic hydroxyl groups excluding tert-OH is 1. The molecular formula is C25H29NO5. The predicted octanol–water partition coefficient (Wildman–Crippen LogP) is 4.26. The van der Waals surface area contributed by atoms with Crippen LogP contribution in [0.1, 0.15) is 37.4 Å². The molecule has 0 bridgehead atoms. The van der Waals surface area contributed by atoms with Crippen molar-refractivity contribution >= 4 is 11.7 Å². The number of aliphatic hydroxyl groups is 1. The fourth-order valence-corrected chi connectivity index (χ4v) is 3.92. The number of benzene rings is 2. The summed E-state index contributed by atoms with van der Waals surface area (Å²) in [6.07, 6.45) is 0.813. The average molecular weight is 424 g/mol. The number of carbonyl (C=O) groups is 2. The molecule has 1 N–H and O–H groups in total. The molecule has 1 unspecified atom stereocenters. The molecule has 6 heteroatoms. The largest absolute Gasteiger partial charge is 0.503 e. The van der Waals surface area contributed by atoms with Crippen molar-refractivity contribution in [2.24, 2.45) is 5.92 Å². The Kier molecular flexibility index (Phi) is 7.00. The molecule has 31 heavy (non-hydrogen) atoms. The van der Waals surface area contributed by atoms with E-state index in [0.717, 1.165) is 11.1 Å². The zero-order valence-corrected chi connectivity index (χ0v) is 18.4. The van der Waals surface area contributed by atoms with Gasteiger partial charge in [0, 0.05) is 13.0 Å². The van der Waals surface area contributed by atoms with Gasteiger partial charge in [-0.1, -0.05) is 50.2 Å². The van der Waals surface area contributed by atoms with Gasteiger partial charge in [-0.15, -0.1) is 0 Å². The number of nitrogens with zero attached hydrogens (tertiary/aromatic N) is 1. The molecule has 0 saturated carbocycles. The lowest BCUT2D eigenvalue weighted by molar-refractivity contribution is -0.129. The smallest absolute Gasteiger partial charge is 0.290 e. The van der Waals surface area contributed by atoms with Crippen molar-refractivity contribution in [2.45, 2.75) is 32.7 Å². The van der Waals surface area contributed by atoms with Crippen LogP contribution in [-0.2, 0) is 16.0 Å². The topological polar surface area (TPSA) is 76.1 Å². The number of Topliss-reactive ketones (excluding diaryl/α,β-unsaturated/α-hetero) is 1. The van der Waals surface area contributed by atoms with E-state index < -0.39 is 17.7 Å². The maximum atomic E-state index is 13.0. The summed E-state index contributed by atoms with van der Waals surface area (Å²) in [5, 5.41) is 10.6. The van der Waals surface area contributed by atoms with E-state index in [1.54, 1.807) is 19.1 Å². The molecule has 1 heterocycles. The van der Waals surface area contributed by atoms with Gasteiger partial charge in [-0.25, -0.2) is 0 Å². The SMILES string of the molecule is COc1ccc(CCN2C(=O)C(O)=C(C(=O)CC(C)C)C2c2ccccc2)cc1OC. The lowest BCUT2D eigenvalue weighted by Crippen LogP contribution is -2.33. The molecule has 2 aromatic carbocycles. The van der Waals surface area contributed by atoms with Crippen LogP contribution in [0.2, 0.25) is 0 Å². The Morgan fingerprint density at radius 3 is 2.35 bits per heavy atom. The van der Waals surface area contributed by atoms with Crippen LogP contribution in [0, 0.1) is 5.92 Å². The van der Waals surface area contributed by atoms with Gasteiger partial charge in [0.15, 0.2) is 23.0 Å². The van der Waals surface area contributed by atoms with Crippen LogP contribution in [0.4, 0.5) is 0 Å². The molecule has 0 spiro atoms. The molecule has 164 valence electrons. The van der Waals surface area contributed by atoms with Gasteiger partial charge in [-0.2, -0.15) is 0 Å². The average Bonchev–Trinajstić information content (AvgIpc) is 3.02. The molecule has 1 amide bonds. The van der Waals surface area contributed by atoms with Crippen molar-refractivity contribution in [1.29, 1.82) is 0 Å². The number of carbonyl (C=O) groups excluding carboxylic acids is 2. The number of methoxy groups -OCH3 is 2. The first kappa shape index (κ1) is 22.4. The molecule has 0 aliphatic carbocycles. The number of hydrogen-bond acceptors (Lipinski definition) is 5. The van der Waals surface area contributed by atoms with Gasteiger partial charge in [0.2, 0.25) is 0 Å². The Morgan fingerprint density at radius 1 is 1.06 bits per heavy atom. The van der Waals surface area contributed by atoms with Crippen molar-refractivity contribution in [1.82, 2.24) is 4.90 Å². The highest BCUT2D eigenvalue weighted by molar-refractivity contribution is 6.09. The van der Waals surface area contributed by atoms with Gasteiger partial charge in [-0.05, 0) is 35.6 Å². The zero-order chi connectivity index (χ0) is 22.5. The van der Waals surface area contributed by atoms with E-state index in [-0.39, 0.29) is 23.7 Å².